The van der Waals surface area contributed by atoms with Crippen LogP contribution >= 0.6 is 0 Å². The average molecular weight is 304 g/mol. The molecule has 5 heteroatoms. The van der Waals surface area contributed by atoms with Crippen LogP contribution in [0.25, 0.3) is 0 Å². The Morgan fingerprint density at radius 2 is 2.05 bits per heavy atom. The zero-order chi connectivity index (χ0) is 15.4. The second-order valence-corrected chi connectivity index (χ2v) is 6.14. The number of likely N-dealkylation sites (tertiary alicyclic amines) is 1. The highest BCUT2D eigenvalue weighted by atomic mass is 16.5. The maximum Gasteiger partial charge on any atom is 0.317 e. The molecule has 3 rings (SSSR count). The molecule has 1 N–H and O–H groups in total. The molecule has 1 aromatic carbocycles. The Kier molecular flexibility index (Phi) is 4.83. The number of amides is 2. The normalized spacial score (nSPS) is 21.0. The molecule has 1 atom stereocenters. The van der Waals surface area contributed by atoms with Gasteiger partial charge < -0.3 is 19.7 Å². The Labute approximate surface area is 131 Å². The summed E-state index contributed by atoms with van der Waals surface area (Å²) < 4.78 is 11.0. The standard InChI is InChI=1S/C17H24N2O3/c1-21-15-6-4-13(5-7-15)10-18-17(20)19-9-8-16(11-19)22-12-14-2-3-14/h4-7,14,16H,2-3,8-12H2,1H3,(H,18,20). The number of rotatable bonds is 6. The first-order valence-corrected chi connectivity index (χ1v) is 8.02. The van der Waals surface area contributed by atoms with Crippen molar-refractivity contribution in [3.05, 3.63) is 29.8 Å². The highest BCUT2D eigenvalue weighted by Crippen LogP contribution is 2.30. The van der Waals surface area contributed by atoms with Crippen LogP contribution in [-0.2, 0) is 11.3 Å². The van der Waals surface area contributed by atoms with Gasteiger partial charge in [0.1, 0.15) is 5.75 Å². The molecule has 0 aromatic heterocycles. The monoisotopic (exact) mass is 304 g/mol. The van der Waals surface area contributed by atoms with Crippen molar-refractivity contribution in [1.82, 2.24) is 10.2 Å². The average Bonchev–Trinajstić information content (AvgIpc) is 3.27. The molecule has 0 spiro atoms. The summed E-state index contributed by atoms with van der Waals surface area (Å²) >= 11 is 0. The fourth-order valence-corrected chi connectivity index (χ4v) is 2.64. The molecule has 5 nitrogen and oxygen atoms in total. The summed E-state index contributed by atoms with van der Waals surface area (Å²) in [6.45, 7) is 2.89. The van der Waals surface area contributed by atoms with E-state index in [1.54, 1.807) is 7.11 Å². The van der Waals surface area contributed by atoms with E-state index in [1.807, 2.05) is 29.2 Å². The molecule has 2 fully saturated rings. The Morgan fingerprint density at radius 3 is 2.73 bits per heavy atom. The molecule has 0 bridgehead atoms. The van der Waals surface area contributed by atoms with Gasteiger partial charge >= 0.3 is 6.03 Å². The summed E-state index contributed by atoms with van der Waals surface area (Å²) in [5.41, 5.74) is 1.06. The van der Waals surface area contributed by atoms with Crippen molar-refractivity contribution in [2.24, 2.45) is 5.92 Å². The highest BCUT2D eigenvalue weighted by Gasteiger charge is 2.29. The van der Waals surface area contributed by atoms with E-state index in [9.17, 15) is 4.79 Å². The lowest BCUT2D eigenvalue weighted by Crippen LogP contribution is -2.38. The van der Waals surface area contributed by atoms with E-state index in [2.05, 4.69) is 5.32 Å². The molecule has 0 radical (unpaired) electrons. The number of hydrogen-bond donors (Lipinski definition) is 1. The summed E-state index contributed by atoms with van der Waals surface area (Å²) in [6.07, 6.45) is 3.77. The molecule has 2 aliphatic rings. The van der Waals surface area contributed by atoms with Gasteiger partial charge in [-0.1, -0.05) is 12.1 Å². The minimum atomic E-state index is -0.00617. The third-order valence-electron chi connectivity index (χ3n) is 4.30. The molecule has 22 heavy (non-hydrogen) atoms. The molecule has 1 aliphatic heterocycles. The van der Waals surface area contributed by atoms with Crippen molar-refractivity contribution in [1.29, 1.82) is 0 Å². The van der Waals surface area contributed by atoms with Crippen LogP contribution in [0.1, 0.15) is 24.8 Å². The van der Waals surface area contributed by atoms with Gasteiger partial charge in [-0.15, -0.1) is 0 Å². The molecule has 1 aromatic rings. The van der Waals surface area contributed by atoms with E-state index in [4.69, 9.17) is 9.47 Å². The van der Waals surface area contributed by atoms with Crippen LogP contribution in [0.15, 0.2) is 24.3 Å². The first-order chi connectivity index (χ1) is 10.7. The van der Waals surface area contributed by atoms with Crippen molar-refractivity contribution >= 4 is 6.03 Å². The number of benzene rings is 1. The van der Waals surface area contributed by atoms with Crippen LogP contribution in [0.4, 0.5) is 4.79 Å². The molecule has 1 unspecified atom stereocenters. The molecule has 1 heterocycles. The van der Waals surface area contributed by atoms with Crippen LogP contribution < -0.4 is 10.1 Å². The van der Waals surface area contributed by atoms with Gasteiger partial charge in [0.2, 0.25) is 0 Å². The van der Waals surface area contributed by atoms with E-state index < -0.39 is 0 Å². The van der Waals surface area contributed by atoms with E-state index >= 15 is 0 Å². The smallest absolute Gasteiger partial charge is 0.317 e. The third kappa shape index (κ3) is 4.13. The second-order valence-electron chi connectivity index (χ2n) is 6.14. The molecule has 1 saturated carbocycles. The number of urea groups is 1. The largest absolute Gasteiger partial charge is 0.497 e. The topological polar surface area (TPSA) is 50.8 Å². The van der Waals surface area contributed by atoms with Crippen molar-refractivity contribution in [2.45, 2.75) is 31.9 Å². The Morgan fingerprint density at radius 1 is 1.27 bits per heavy atom. The summed E-state index contributed by atoms with van der Waals surface area (Å²) in [5.74, 6) is 1.60. The quantitative estimate of drug-likeness (QED) is 0.878. The molecule has 120 valence electrons. The van der Waals surface area contributed by atoms with Gasteiger partial charge in [0, 0.05) is 26.2 Å². The van der Waals surface area contributed by atoms with Gasteiger partial charge in [-0.05, 0) is 42.9 Å². The van der Waals surface area contributed by atoms with Crippen molar-refractivity contribution < 1.29 is 14.3 Å². The zero-order valence-electron chi connectivity index (χ0n) is 13.1. The van der Waals surface area contributed by atoms with Crippen molar-refractivity contribution in [2.75, 3.05) is 26.8 Å². The zero-order valence-corrected chi connectivity index (χ0v) is 13.1. The van der Waals surface area contributed by atoms with Gasteiger partial charge in [0.05, 0.1) is 13.2 Å². The van der Waals surface area contributed by atoms with Crippen LogP contribution in [-0.4, -0.2) is 43.8 Å². The number of carbonyl (C=O) groups excluding carboxylic acids is 1. The van der Waals surface area contributed by atoms with E-state index in [1.165, 1.54) is 12.8 Å². The maximum absolute atomic E-state index is 12.2. The number of nitrogens with one attached hydrogen (secondary N) is 1. The van der Waals surface area contributed by atoms with Gasteiger partial charge in [0.15, 0.2) is 0 Å². The predicted molar refractivity (Wildman–Crippen MR) is 83.9 cm³/mol. The van der Waals surface area contributed by atoms with Crippen LogP contribution in [0, 0.1) is 5.92 Å². The predicted octanol–water partition coefficient (Wildman–Crippen LogP) is 2.41. The van der Waals surface area contributed by atoms with Crippen molar-refractivity contribution in [3.8, 4) is 5.75 Å². The SMILES string of the molecule is COc1ccc(CNC(=O)N2CCC(OCC3CC3)C2)cc1. The Hall–Kier alpha value is -1.75. The molecular weight excluding hydrogens is 280 g/mol. The van der Waals surface area contributed by atoms with Gasteiger partial charge in [-0.3, -0.25) is 0 Å². The lowest BCUT2D eigenvalue weighted by molar-refractivity contribution is 0.0538. The van der Waals surface area contributed by atoms with E-state index in [-0.39, 0.29) is 12.1 Å². The number of hydrogen-bond acceptors (Lipinski definition) is 3. The number of ether oxygens (including phenoxy) is 2. The van der Waals surface area contributed by atoms with Crippen LogP contribution in [0.5, 0.6) is 5.75 Å². The number of methoxy groups -OCH3 is 1. The highest BCUT2D eigenvalue weighted by molar-refractivity contribution is 5.74. The van der Waals surface area contributed by atoms with Crippen LogP contribution in [0.2, 0.25) is 0 Å². The van der Waals surface area contributed by atoms with Crippen LogP contribution in [0.3, 0.4) is 0 Å². The Balaban J connectivity index is 1.39. The van der Waals surface area contributed by atoms with Gasteiger partial charge in [0.25, 0.3) is 0 Å². The lowest BCUT2D eigenvalue weighted by Gasteiger charge is -2.17. The van der Waals surface area contributed by atoms with Gasteiger partial charge in [-0.25, -0.2) is 4.79 Å². The van der Waals surface area contributed by atoms with Gasteiger partial charge in [-0.2, -0.15) is 0 Å². The summed E-state index contributed by atoms with van der Waals surface area (Å²) in [6, 6.07) is 7.72. The molecular formula is C17H24N2O3. The number of carbonyl (C=O) groups is 1. The van der Waals surface area contributed by atoms with E-state index in [0.717, 1.165) is 36.8 Å². The lowest BCUT2D eigenvalue weighted by atomic mass is 10.2. The first-order valence-electron chi connectivity index (χ1n) is 8.02. The fraction of sp³-hybridized carbons (Fsp3) is 0.588. The van der Waals surface area contributed by atoms with Crippen molar-refractivity contribution in [3.63, 3.8) is 0 Å². The minimum absolute atomic E-state index is 0.00617. The summed E-state index contributed by atoms with van der Waals surface area (Å²) in [7, 11) is 1.64. The fourth-order valence-electron chi connectivity index (χ4n) is 2.64. The number of nitrogens with zero attached hydrogens (tertiary/aromatic N) is 1. The minimum Gasteiger partial charge on any atom is -0.497 e. The third-order valence-corrected chi connectivity index (χ3v) is 4.30. The summed E-state index contributed by atoms with van der Waals surface area (Å²) in [4.78, 5) is 14.0. The Bertz CT molecular complexity index is 499. The summed E-state index contributed by atoms with van der Waals surface area (Å²) in [5, 5.41) is 2.97. The molecule has 1 aliphatic carbocycles. The maximum atomic E-state index is 12.2. The first kappa shape index (κ1) is 15.2. The van der Waals surface area contributed by atoms with E-state index in [0.29, 0.717) is 13.1 Å². The second kappa shape index (κ2) is 7.01. The molecule has 1 saturated heterocycles. The molecule has 2 amide bonds.